The molecule has 1 aromatic heterocycles. The molecule has 2 heterocycles. The van der Waals surface area contributed by atoms with Gasteiger partial charge in [0.1, 0.15) is 18.2 Å². The summed E-state index contributed by atoms with van der Waals surface area (Å²) in [4.78, 5) is 32.2. The number of nitrogens with one attached hydrogen (secondary N) is 2. The third-order valence-corrected chi connectivity index (χ3v) is 6.76. The molecule has 208 valence electrons. The molecule has 4 rings (SSSR count). The van der Waals surface area contributed by atoms with Crippen LogP contribution in [0.4, 0.5) is 15.0 Å². The predicted octanol–water partition coefficient (Wildman–Crippen LogP) is 4.09. The molecule has 1 aliphatic rings. The number of likely N-dealkylation sites (tertiary alicyclic amines) is 1. The third kappa shape index (κ3) is 7.33. The fourth-order valence-electron chi connectivity index (χ4n) is 4.74. The summed E-state index contributed by atoms with van der Waals surface area (Å²) in [6, 6.07) is 18.8. The van der Waals surface area contributed by atoms with Gasteiger partial charge in [0.25, 0.3) is 5.91 Å². The number of nitrogens with zero attached hydrogens (tertiary/aromatic N) is 3. The number of carbonyl (C=O) groups is 2. The number of halogens is 1. The van der Waals surface area contributed by atoms with Gasteiger partial charge in [0, 0.05) is 31.7 Å². The first-order valence-electron chi connectivity index (χ1n) is 13.4. The largest absolute Gasteiger partial charge is 0.448 e. The molecule has 2 aromatic carbocycles. The molecule has 0 radical (unpaired) electrons. The van der Waals surface area contributed by atoms with Gasteiger partial charge in [-0.05, 0) is 61.6 Å². The molecule has 1 atom stereocenters. The number of benzene rings is 2. The van der Waals surface area contributed by atoms with E-state index >= 15 is 0 Å². The maximum atomic E-state index is 13.6. The standard InChI is InChI=1S/C30H33FN6O3/c31-23-8-5-6-21(18-23)13-15-34-28-26(11-12-27(36-28)25-10-2-1-7-22(25)19-33)29(38)35-20-24-9-3-4-16-37(24)30(39)40-17-14-32/h1-2,5-8,10-12,18,24H,3-4,9,13-17,20,32H2,(H,34,36)(H,35,38)/t24-/m1/s1. The average molecular weight is 545 g/mol. The average Bonchev–Trinajstić information content (AvgIpc) is 2.98. The smallest absolute Gasteiger partial charge is 0.410 e. The Labute approximate surface area is 233 Å². The van der Waals surface area contributed by atoms with Crippen LogP contribution in [0.2, 0.25) is 0 Å². The zero-order chi connectivity index (χ0) is 28.3. The molecule has 0 spiro atoms. The van der Waals surface area contributed by atoms with Crippen molar-refractivity contribution < 1.29 is 18.7 Å². The summed E-state index contributed by atoms with van der Waals surface area (Å²) >= 11 is 0. The fourth-order valence-corrected chi connectivity index (χ4v) is 4.74. The number of aromatic nitrogens is 1. The number of nitrogens with two attached hydrogens (primary N) is 1. The van der Waals surface area contributed by atoms with Crippen molar-refractivity contribution in [2.24, 2.45) is 5.73 Å². The van der Waals surface area contributed by atoms with E-state index < -0.39 is 6.09 Å². The summed E-state index contributed by atoms with van der Waals surface area (Å²) in [5, 5.41) is 15.7. The van der Waals surface area contributed by atoms with Crippen molar-refractivity contribution in [2.45, 2.75) is 31.7 Å². The number of pyridine rings is 1. The Balaban J connectivity index is 1.52. The van der Waals surface area contributed by atoms with Crippen molar-refractivity contribution >= 4 is 17.8 Å². The van der Waals surface area contributed by atoms with Gasteiger partial charge in [-0.3, -0.25) is 4.79 Å². The number of anilines is 1. The molecule has 1 fully saturated rings. The van der Waals surface area contributed by atoms with E-state index in [0.717, 1.165) is 24.8 Å². The fraction of sp³-hybridized carbons (Fsp3) is 0.333. The number of carbonyl (C=O) groups excluding carboxylic acids is 2. The molecule has 4 N–H and O–H groups in total. The SMILES string of the molecule is N#Cc1ccccc1-c1ccc(C(=O)NC[C@H]2CCCCN2C(=O)OCCN)c(NCCc2cccc(F)c2)n1. The Morgan fingerprint density at radius 2 is 2.00 bits per heavy atom. The van der Waals surface area contributed by atoms with Crippen molar-refractivity contribution in [1.29, 1.82) is 5.26 Å². The van der Waals surface area contributed by atoms with Crippen molar-refractivity contribution in [2.75, 3.05) is 38.1 Å². The van der Waals surface area contributed by atoms with Crippen LogP contribution in [0, 0.1) is 17.1 Å². The maximum absolute atomic E-state index is 13.6. The summed E-state index contributed by atoms with van der Waals surface area (Å²) < 4.78 is 18.8. The lowest BCUT2D eigenvalue weighted by atomic mass is 10.0. The monoisotopic (exact) mass is 544 g/mol. The van der Waals surface area contributed by atoms with Crippen molar-refractivity contribution in [1.82, 2.24) is 15.2 Å². The van der Waals surface area contributed by atoms with Crippen LogP contribution in [-0.4, -0.2) is 60.7 Å². The second kappa shape index (κ2) is 14.1. The quantitative estimate of drug-likeness (QED) is 0.350. The first-order valence-corrected chi connectivity index (χ1v) is 13.4. The molecule has 1 saturated heterocycles. The van der Waals surface area contributed by atoms with E-state index in [9.17, 15) is 19.2 Å². The lowest BCUT2D eigenvalue weighted by Gasteiger charge is -2.35. The summed E-state index contributed by atoms with van der Waals surface area (Å²) in [5.74, 6) is -0.307. The molecule has 0 aliphatic carbocycles. The number of amides is 2. The lowest BCUT2D eigenvalue weighted by Crippen LogP contribution is -2.49. The van der Waals surface area contributed by atoms with Crippen LogP contribution in [0.1, 0.15) is 40.7 Å². The van der Waals surface area contributed by atoms with Gasteiger partial charge in [-0.2, -0.15) is 5.26 Å². The first-order chi connectivity index (χ1) is 19.5. The summed E-state index contributed by atoms with van der Waals surface area (Å²) in [6.45, 7) is 1.62. The third-order valence-electron chi connectivity index (χ3n) is 6.76. The summed E-state index contributed by atoms with van der Waals surface area (Å²) in [6.07, 6.45) is 2.66. The number of rotatable bonds is 10. The van der Waals surface area contributed by atoms with Gasteiger partial charge in [0.05, 0.1) is 28.9 Å². The molecular formula is C30H33FN6O3. The highest BCUT2D eigenvalue weighted by molar-refractivity contribution is 5.99. The molecule has 40 heavy (non-hydrogen) atoms. The zero-order valence-electron chi connectivity index (χ0n) is 22.2. The second-order valence-corrected chi connectivity index (χ2v) is 9.51. The van der Waals surface area contributed by atoms with Crippen LogP contribution in [0.25, 0.3) is 11.3 Å². The van der Waals surface area contributed by atoms with Crippen LogP contribution in [0.15, 0.2) is 60.7 Å². The molecule has 9 nitrogen and oxygen atoms in total. The molecule has 3 aromatic rings. The molecule has 0 bridgehead atoms. The van der Waals surface area contributed by atoms with Crippen molar-refractivity contribution in [3.8, 4) is 17.3 Å². The van der Waals surface area contributed by atoms with E-state index in [2.05, 4.69) is 16.7 Å². The molecule has 1 aliphatic heterocycles. The number of hydrogen-bond donors (Lipinski definition) is 3. The topological polar surface area (TPSA) is 133 Å². The Kier molecular flexibility index (Phi) is 10.0. The van der Waals surface area contributed by atoms with E-state index in [0.29, 0.717) is 47.7 Å². The van der Waals surface area contributed by atoms with Crippen LogP contribution in [0.5, 0.6) is 0 Å². The van der Waals surface area contributed by atoms with Crippen LogP contribution in [-0.2, 0) is 11.2 Å². The maximum Gasteiger partial charge on any atom is 0.410 e. The molecule has 0 saturated carbocycles. The normalized spacial score (nSPS) is 14.7. The highest BCUT2D eigenvalue weighted by atomic mass is 19.1. The molecule has 2 amide bonds. The lowest BCUT2D eigenvalue weighted by molar-refractivity contribution is 0.0718. The van der Waals surface area contributed by atoms with Crippen LogP contribution < -0.4 is 16.4 Å². The van der Waals surface area contributed by atoms with Gasteiger partial charge in [-0.25, -0.2) is 14.2 Å². The highest BCUT2D eigenvalue weighted by Crippen LogP contribution is 2.25. The van der Waals surface area contributed by atoms with Gasteiger partial charge < -0.3 is 26.0 Å². The molecule has 0 unspecified atom stereocenters. The zero-order valence-corrected chi connectivity index (χ0v) is 22.2. The predicted molar refractivity (Wildman–Crippen MR) is 150 cm³/mol. The van der Waals surface area contributed by atoms with Gasteiger partial charge in [0.15, 0.2) is 0 Å². The van der Waals surface area contributed by atoms with Crippen molar-refractivity contribution in [3.63, 3.8) is 0 Å². The number of piperidine rings is 1. The Morgan fingerprint density at radius 3 is 2.80 bits per heavy atom. The van der Waals surface area contributed by atoms with Gasteiger partial charge >= 0.3 is 6.09 Å². The van der Waals surface area contributed by atoms with Gasteiger partial charge in [-0.15, -0.1) is 0 Å². The molecular weight excluding hydrogens is 511 g/mol. The molecule has 10 heteroatoms. The van der Waals surface area contributed by atoms with Crippen LogP contribution in [0.3, 0.4) is 0 Å². The number of hydrogen-bond acceptors (Lipinski definition) is 7. The summed E-state index contributed by atoms with van der Waals surface area (Å²) in [7, 11) is 0. The van der Waals surface area contributed by atoms with E-state index in [-0.39, 0.29) is 37.5 Å². The highest BCUT2D eigenvalue weighted by Gasteiger charge is 2.28. The van der Waals surface area contributed by atoms with E-state index in [4.69, 9.17) is 15.5 Å². The van der Waals surface area contributed by atoms with Gasteiger partial charge in [-0.1, -0.05) is 30.3 Å². The minimum atomic E-state index is -0.425. The van der Waals surface area contributed by atoms with Gasteiger partial charge in [0.2, 0.25) is 0 Å². The minimum absolute atomic E-state index is 0.145. The Hall–Kier alpha value is -4.49. The summed E-state index contributed by atoms with van der Waals surface area (Å²) in [5.41, 5.74) is 8.26. The number of nitriles is 1. The van der Waals surface area contributed by atoms with E-state index in [1.165, 1.54) is 12.1 Å². The van der Waals surface area contributed by atoms with E-state index in [1.807, 2.05) is 12.1 Å². The van der Waals surface area contributed by atoms with Crippen LogP contribution >= 0.6 is 0 Å². The Bertz CT molecular complexity index is 1380. The minimum Gasteiger partial charge on any atom is -0.448 e. The first kappa shape index (κ1) is 28.5. The second-order valence-electron chi connectivity index (χ2n) is 9.51. The van der Waals surface area contributed by atoms with Crippen molar-refractivity contribution in [3.05, 3.63) is 83.2 Å². The number of ether oxygens (including phenoxy) is 1. The Morgan fingerprint density at radius 1 is 1.15 bits per heavy atom. The van der Waals surface area contributed by atoms with E-state index in [1.54, 1.807) is 41.3 Å².